The van der Waals surface area contributed by atoms with Crippen LogP contribution in [0.5, 0.6) is 5.75 Å². The lowest BCUT2D eigenvalue weighted by atomic mass is 10.4. The van der Waals surface area contributed by atoms with E-state index >= 15 is 0 Å². The predicted molar refractivity (Wildman–Crippen MR) is 33.7 cm³/mol. The third-order valence-corrected chi connectivity index (χ3v) is 1.19. The van der Waals surface area contributed by atoms with Crippen molar-refractivity contribution in [3.8, 4) is 5.75 Å². The first-order valence-corrected chi connectivity index (χ1v) is 3.08. The van der Waals surface area contributed by atoms with Crippen molar-refractivity contribution >= 4 is 11.6 Å². The highest BCUT2D eigenvalue weighted by molar-refractivity contribution is 6.28. The number of nitrogens with zero attached hydrogens (tertiary/aromatic N) is 2. The first-order valence-electron chi connectivity index (χ1n) is 2.70. The molecule has 0 radical (unpaired) electrons. The van der Waals surface area contributed by atoms with Gasteiger partial charge in [-0.25, -0.2) is 9.97 Å². The van der Waals surface area contributed by atoms with Crippen LogP contribution in [0.1, 0.15) is 5.69 Å². The standard InChI is InChI=1S/C5H2ClF3N2O/c6-4-10-1-2(12)3(11-4)5(7,8)9/h1,12H. The van der Waals surface area contributed by atoms with E-state index in [1.165, 1.54) is 0 Å². The van der Waals surface area contributed by atoms with Gasteiger partial charge in [0.1, 0.15) is 0 Å². The maximum Gasteiger partial charge on any atom is 0.437 e. The fourth-order valence-corrected chi connectivity index (χ4v) is 0.696. The fraction of sp³-hybridized carbons (Fsp3) is 0.200. The number of halogens is 4. The predicted octanol–water partition coefficient (Wildman–Crippen LogP) is 1.85. The van der Waals surface area contributed by atoms with Crippen molar-refractivity contribution in [2.75, 3.05) is 0 Å². The van der Waals surface area contributed by atoms with Gasteiger partial charge in [0.2, 0.25) is 5.28 Å². The molecule has 66 valence electrons. The molecule has 3 nitrogen and oxygen atoms in total. The van der Waals surface area contributed by atoms with E-state index in [0.29, 0.717) is 6.20 Å². The number of hydrogen-bond acceptors (Lipinski definition) is 3. The summed E-state index contributed by atoms with van der Waals surface area (Å²) >= 11 is 5.09. The van der Waals surface area contributed by atoms with Gasteiger partial charge in [0.25, 0.3) is 0 Å². The van der Waals surface area contributed by atoms with E-state index in [2.05, 4.69) is 9.97 Å². The molecule has 0 atom stereocenters. The molecule has 1 rings (SSSR count). The van der Waals surface area contributed by atoms with Crippen molar-refractivity contribution in [1.29, 1.82) is 0 Å². The van der Waals surface area contributed by atoms with Crippen molar-refractivity contribution in [2.45, 2.75) is 6.18 Å². The number of hydrogen-bond donors (Lipinski definition) is 1. The molecule has 0 saturated carbocycles. The van der Waals surface area contributed by atoms with Gasteiger partial charge in [-0.05, 0) is 11.6 Å². The zero-order valence-electron chi connectivity index (χ0n) is 5.43. The van der Waals surface area contributed by atoms with Crippen LogP contribution in [0.15, 0.2) is 6.20 Å². The SMILES string of the molecule is Oc1cnc(Cl)nc1C(F)(F)F. The molecule has 0 aliphatic rings. The molecular weight excluding hydrogens is 197 g/mol. The highest BCUT2D eigenvalue weighted by atomic mass is 35.5. The van der Waals surface area contributed by atoms with Crippen LogP contribution >= 0.6 is 11.6 Å². The Morgan fingerprint density at radius 2 is 2.00 bits per heavy atom. The van der Waals surface area contributed by atoms with Gasteiger partial charge in [-0.1, -0.05) is 0 Å². The van der Waals surface area contributed by atoms with Crippen molar-refractivity contribution in [3.63, 3.8) is 0 Å². The van der Waals surface area contributed by atoms with Crippen LogP contribution in [0.3, 0.4) is 0 Å². The average Bonchev–Trinajstić information content (AvgIpc) is 1.92. The summed E-state index contributed by atoms with van der Waals surface area (Å²) < 4.78 is 35.8. The van der Waals surface area contributed by atoms with Crippen molar-refractivity contribution in [3.05, 3.63) is 17.2 Å². The van der Waals surface area contributed by atoms with Crippen LogP contribution in [0.4, 0.5) is 13.2 Å². The van der Waals surface area contributed by atoms with Gasteiger partial charge in [-0.15, -0.1) is 0 Å². The summed E-state index contributed by atoms with van der Waals surface area (Å²) in [5, 5.41) is 8.11. The third-order valence-electron chi connectivity index (χ3n) is 1.01. The second-order valence-electron chi connectivity index (χ2n) is 1.87. The zero-order valence-corrected chi connectivity index (χ0v) is 6.19. The fourth-order valence-electron chi connectivity index (χ4n) is 0.563. The number of aromatic hydroxyl groups is 1. The highest BCUT2D eigenvalue weighted by Crippen LogP contribution is 2.33. The minimum atomic E-state index is -4.71. The molecule has 0 unspecified atom stereocenters. The van der Waals surface area contributed by atoms with Crippen LogP contribution in [-0.4, -0.2) is 15.1 Å². The summed E-state index contributed by atoms with van der Waals surface area (Å²) in [6, 6.07) is 0. The van der Waals surface area contributed by atoms with Gasteiger partial charge in [0.15, 0.2) is 11.4 Å². The lowest BCUT2D eigenvalue weighted by Crippen LogP contribution is -2.08. The summed E-state index contributed by atoms with van der Waals surface area (Å²) in [4.78, 5) is 5.98. The lowest BCUT2D eigenvalue weighted by molar-refractivity contribution is -0.142. The molecule has 1 aromatic rings. The molecule has 1 heterocycles. The molecule has 7 heteroatoms. The topological polar surface area (TPSA) is 46.0 Å². The van der Waals surface area contributed by atoms with Crippen LogP contribution in [0.25, 0.3) is 0 Å². The summed E-state index contributed by atoms with van der Waals surface area (Å²) in [7, 11) is 0. The molecular formula is C5H2ClF3N2O. The van der Waals surface area contributed by atoms with Gasteiger partial charge < -0.3 is 5.11 Å². The van der Waals surface area contributed by atoms with Gasteiger partial charge in [-0.3, -0.25) is 0 Å². The Bertz CT molecular complexity index is 301. The summed E-state index contributed by atoms with van der Waals surface area (Å²) in [5.41, 5.74) is -1.43. The molecule has 0 amide bonds. The number of aromatic nitrogens is 2. The van der Waals surface area contributed by atoms with Crippen LogP contribution in [0, 0.1) is 0 Å². The average molecular weight is 199 g/mol. The van der Waals surface area contributed by atoms with Crippen LogP contribution in [-0.2, 0) is 6.18 Å². The first-order chi connectivity index (χ1) is 5.41. The van der Waals surface area contributed by atoms with E-state index in [1.807, 2.05) is 0 Å². The number of alkyl halides is 3. The van der Waals surface area contributed by atoms with Gasteiger partial charge >= 0.3 is 6.18 Å². The lowest BCUT2D eigenvalue weighted by Gasteiger charge is -2.06. The van der Waals surface area contributed by atoms with E-state index in [9.17, 15) is 13.2 Å². The molecule has 1 N–H and O–H groups in total. The van der Waals surface area contributed by atoms with E-state index in [1.54, 1.807) is 0 Å². The maximum absolute atomic E-state index is 11.9. The maximum atomic E-state index is 11.9. The number of rotatable bonds is 0. The summed E-state index contributed by atoms with van der Waals surface area (Å²) in [5.74, 6) is -1.04. The van der Waals surface area contributed by atoms with Gasteiger partial charge in [0.05, 0.1) is 6.20 Å². The second-order valence-corrected chi connectivity index (χ2v) is 2.21. The molecule has 0 aliphatic heterocycles. The Hall–Kier alpha value is -1.04. The first kappa shape index (κ1) is 9.05. The summed E-state index contributed by atoms with van der Waals surface area (Å²) in [6.07, 6.45) is -4.12. The normalized spacial score (nSPS) is 11.7. The Morgan fingerprint density at radius 1 is 1.42 bits per heavy atom. The van der Waals surface area contributed by atoms with Crippen molar-refractivity contribution in [2.24, 2.45) is 0 Å². The van der Waals surface area contributed by atoms with E-state index < -0.39 is 22.9 Å². The van der Waals surface area contributed by atoms with Crippen LogP contribution < -0.4 is 0 Å². The Balaban J connectivity index is 3.23. The Morgan fingerprint density at radius 3 is 2.42 bits per heavy atom. The Kier molecular flexibility index (Phi) is 2.10. The van der Waals surface area contributed by atoms with Crippen molar-refractivity contribution in [1.82, 2.24) is 9.97 Å². The van der Waals surface area contributed by atoms with Gasteiger partial charge in [-0.2, -0.15) is 13.2 Å². The molecule has 0 aromatic carbocycles. The molecule has 0 bridgehead atoms. The van der Waals surface area contributed by atoms with Gasteiger partial charge in [0, 0.05) is 0 Å². The Labute approximate surface area is 69.8 Å². The van der Waals surface area contributed by atoms with Crippen molar-refractivity contribution < 1.29 is 18.3 Å². The largest absolute Gasteiger partial charge is 0.504 e. The summed E-state index contributed by atoms with van der Waals surface area (Å²) in [6.45, 7) is 0. The van der Waals surface area contributed by atoms with E-state index in [-0.39, 0.29) is 0 Å². The molecule has 0 aliphatic carbocycles. The van der Waals surface area contributed by atoms with E-state index in [4.69, 9.17) is 16.7 Å². The molecule has 1 aromatic heterocycles. The monoisotopic (exact) mass is 198 g/mol. The quantitative estimate of drug-likeness (QED) is 0.647. The smallest absolute Gasteiger partial charge is 0.437 e. The van der Waals surface area contributed by atoms with Crippen LogP contribution in [0.2, 0.25) is 5.28 Å². The third kappa shape index (κ3) is 1.76. The molecule has 0 fully saturated rings. The minimum absolute atomic E-state index is 0.555. The van der Waals surface area contributed by atoms with E-state index in [0.717, 1.165) is 0 Å². The molecule has 0 spiro atoms. The highest BCUT2D eigenvalue weighted by Gasteiger charge is 2.36. The zero-order chi connectivity index (χ0) is 9.35. The molecule has 12 heavy (non-hydrogen) atoms. The minimum Gasteiger partial charge on any atom is -0.504 e. The molecule has 0 saturated heterocycles. The second kappa shape index (κ2) is 2.78.